The van der Waals surface area contributed by atoms with Crippen molar-refractivity contribution in [2.24, 2.45) is 0 Å². The van der Waals surface area contributed by atoms with E-state index in [4.69, 9.17) is 4.74 Å². The van der Waals surface area contributed by atoms with Crippen LogP contribution < -0.4 is 5.32 Å². The van der Waals surface area contributed by atoms with Crippen molar-refractivity contribution >= 4 is 0 Å². The van der Waals surface area contributed by atoms with Gasteiger partial charge < -0.3 is 10.1 Å². The average Bonchev–Trinajstić information content (AvgIpc) is 2.42. The third kappa shape index (κ3) is 4.07. The van der Waals surface area contributed by atoms with Crippen LogP contribution in [0.3, 0.4) is 0 Å². The molecule has 0 aromatic carbocycles. The summed E-state index contributed by atoms with van der Waals surface area (Å²) in [5, 5.41) is 3.47. The fourth-order valence-corrected chi connectivity index (χ4v) is 1.79. The minimum atomic E-state index is 0.706. The molecule has 0 bridgehead atoms. The van der Waals surface area contributed by atoms with Gasteiger partial charge in [-0.15, -0.1) is 0 Å². The maximum atomic E-state index is 5.07. The van der Waals surface area contributed by atoms with Crippen molar-refractivity contribution in [1.29, 1.82) is 0 Å². The molecule has 1 aliphatic rings. The summed E-state index contributed by atoms with van der Waals surface area (Å²) >= 11 is 0. The largest absolute Gasteiger partial charge is 0.383 e. The van der Waals surface area contributed by atoms with Gasteiger partial charge in [-0.1, -0.05) is 6.42 Å². The van der Waals surface area contributed by atoms with Crippen LogP contribution in [0.5, 0.6) is 0 Å². The smallest absolute Gasteiger partial charge is 0.0589 e. The van der Waals surface area contributed by atoms with Crippen LogP contribution in [0.25, 0.3) is 0 Å². The molecule has 3 nitrogen and oxygen atoms in total. The summed E-state index contributed by atoms with van der Waals surface area (Å²) in [7, 11) is 3.95. The molecule has 13 heavy (non-hydrogen) atoms. The summed E-state index contributed by atoms with van der Waals surface area (Å²) in [6.07, 6.45) is 4.01. The molecule has 0 amide bonds. The van der Waals surface area contributed by atoms with E-state index in [0.717, 1.165) is 19.7 Å². The highest BCUT2D eigenvalue weighted by Crippen LogP contribution is 2.09. The van der Waals surface area contributed by atoms with Crippen molar-refractivity contribution in [2.75, 3.05) is 40.4 Å². The van der Waals surface area contributed by atoms with E-state index >= 15 is 0 Å². The van der Waals surface area contributed by atoms with Crippen LogP contribution in [0, 0.1) is 0 Å². The zero-order valence-electron chi connectivity index (χ0n) is 8.88. The molecule has 1 fully saturated rings. The average molecular weight is 186 g/mol. The number of hydrogen-bond acceptors (Lipinski definition) is 3. The van der Waals surface area contributed by atoms with Crippen molar-refractivity contribution in [2.45, 2.75) is 25.3 Å². The van der Waals surface area contributed by atoms with Crippen LogP contribution in [0.2, 0.25) is 0 Å². The normalized spacial score (nSPS) is 24.7. The van der Waals surface area contributed by atoms with Gasteiger partial charge in [0.25, 0.3) is 0 Å². The Balaban J connectivity index is 2.22. The number of nitrogens with one attached hydrogen (secondary N) is 1. The molecule has 1 saturated heterocycles. The van der Waals surface area contributed by atoms with Crippen LogP contribution >= 0.6 is 0 Å². The van der Waals surface area contributed by atoms with Crippen molar-refractivity contribution in [3.63, 3.8) is 0 Å². The van der Waals surface area contributed by atoms with Gasteiger partial charge >= 0.3 is 0 Å². The second-order valence-corrected chi connectivity index (χ2v) is 3.83. The molecule has 78 valence electrons. The SMILES string of the molecule is COCCN(C)C1CCCCNC1. The molecule has 0 spiro atoms. The molecule has 0 radical (unpaired) electrons. The fraction of sp³-hybridized carbons (Fsp3) is 1.00. The first-order valence-corrected chi connectivity index (χ1v) is 5.24. The van der Waals surface area contributed by atoms with Gasteiger partial charge in [-0.3, -0.25) is 4.90 Å². The van der Waals surface area contributed by atoms with Crippen LogP contribution in [0.4, 0.5) is 0 Å². The molecule has 1 rings (SSSR count). The number of methoxy groups -OCH3 is 1. The van der Waals surface area contributed by atoms with Crippen molar-refractivity contribution in [1.82, 2.24) is 10.2 Å². The second kappa shape index (κ2) is 6.35. The molecule has 0 saturated carbocycles. The first kappa shape index (κ1) is 11.0. The molecule has 1 N–H and O–H groups in total. The zero-order chi connectivity index (χ0) is 9.52. The standard InChI is InChI=1S/C10H22N2O/c1-12(7-8-13-2)10-5-3-4-6-11-9-10/h10-11H,3-9H2,1-2H3. The summed E-state index contributed by atoms with van der Waals surface area (Å²) in [6, 6.07) is 0.706. The van der Waals surface area contributed by atoms with Gasteiger partial charge in [0.1, 0.15) is 0 Å². The predicted molar refractivity (Wildman–Crippen MR) is 55.0 cm³/mol. The van der Waals surface area contributed by atoms with Crippen LogP contribution in [-0.4, -0.2) is 51.3 Å². The topological polar surface area (TPSA) is 24.5 Å². The maximum absolute atomic E-state index is 5.07. The van der Waals surface area contributed by atoms with E-state index in [1.54, 1.807) is 7.11 Å². The van der Waals surface area contributed by atoms with E-state index in [2.05, 4.69) is 17.3 Å². The molecular weight excluding hydrogens is 164 g/mol. The van der Waals surface area contributed by atoms with E-state index < -0.39 is 0 Å². The molecule has 0 aromatic rings. The number of likely N-dealkylation sites (N-methyl/N-ethyl adjacent to an activating group) is 1. The lowest BCUT2D eigenvalue weighted by Crippen LogP contribution is -2.40. The molecule has 1 unspecified atom stereocenters. The lowest BCUT2D eigenvalue weighted by Gasteiger charge is -2.26. The van der Waals surface area contributed by atoms with Gasteiger partial charge in [-0.25, -0.2) is 0 Å². The lowest BCUT2D eigenvalue weighted by molar-refractivity contribution is 0.136. The molecule has 1 atom stereocenters. The van der Waals surface area contributed by atoms with E-state index in [9.17, 15) is 0 Å². The number of nitrogens with zero attached hydrogens (tertiary/aromatic N) is 1. The maximum Gasteiger partial charge on any atom is 0.0589 e. The predicted octanol–water partition coefficient (Wildman–Crippen LogP) is 0.707. The van der Waals surface area contributed by atoms with E-state index in [1.807, 2.05) is 0 Å². The zero-order valence-corrected chi connectivity index (χ0v) is 8.88. The Bertz CT molecular complexity index is 122. The van der Waals surface area contributed by atoms with Crippen LogP contribution in [0.1, 0.15) is 19.3 Å². The van der Waals surface area contributed by atoms with Gasteiger partial charge in [0.2, 0.25) is 0 Å². The summed E-state index contributed by atoms with van der Waals surface area (Å²) in [6.45, 7) is 4.21. The summed E-state index contributed by atoms with van der Waals surface area (Å²) in [4.78, 5) is 2.40. The molecule has 3 heteroatoms. The Morgan fingerprint density at radius 2 is 2.31 bits per heavy atom. The highest BCUT2D eigenvalue weighted by atomic mass is 16.5. The monoisotopic (exact) mass is 186 g/mol. The molecule has 1 aliphatic heterocycles. The minimum absolute atomic E-state index is 0.706. The third-order valence-corrected chi connectivity index (χ3v) is 2.79. The Hall–Kier alpha value is -0.120. The van der Waals surface area contributed by atoms with E-state index in [-0.39, 0.29) is 0 Å². The van der Waals surface area contributed by atoms with Gasteiger partial charge in [0.05, 0.1) is 6.61 Å². The highest BCUT2D eigenvalue weighted by Gasteiger charge is 2.15. The lowest BCUT2D eigenvalue weighted by atomic mass is 10.1. The second-order valence-electron chi connectivity index (χ2n) is 3.83. The number of ether oxygens (including phenoxy) is 1. The molecule has 0 aromatic heterocycles. The van der Waals surface area contributed by atoms with Gasteiger partial charge in [0.15, 0.2) is 0 Å². The van der Waals surface area contributed by atoms with Crippen molar-refractivity contribution in [3.8, 4) is 0 Å². The Morgan fingerprint density at radius 1 is 1.46 bits per heavy atom. The summed E-state index contributed by atoms with van der Waals surface area (Å²) in [5.74, 6) is 0. The van der Waals surface area contributed by atoms with E-state index in [0.29, 0.717) is 6.04 Å². The number of hydrogen-bond donors (Lipinski definition) is 1. The van der Waals surface area contributed by atoms with Gasteiger partial charge in [-0.05, 0) is 26.4 Å². The van der Waals surface area contributed by atoms with Gasteiger partial charge in [-0.2, -0.15) is 0 Å². The quantitative estimate of drug-likeness (QED) is 0.699. The number of rotatable bonds is 4. The fourth-order valence-electron chi connectivity index (χ4n) is 1.79. The molecular formula is C10H22N2O. The van der Waals surface area contributed by atoms with E-state index in [1.165, 1.54) is 25.8 Å². The third-order valence-electron chi connectivity index (χ3n) is 2.79. The highest BCUT2D eigenvalue weighted by molar-refractivity contribution is 4.74. The molecule has 1 heterocycles. The Kier molecular flexibility index (Phi) is 5.35. The first-order valence-electron chi connectivity index (χ1n) is 5.24. The molecule has 0 aliphatic carbocycles. The van der Waals surface area contributed by atoms with Crippen molar-refractivity contribution in [3.05, 3.63) is 0 Å². The summed E-state index contributed by atoms with van der Waals surface area (Å²) < 4.78 is 5.07. The van der Waals surface area contributed by atoms with Crippen LogP contribution in [-0.2, 0) is 4.74 Å². The summed E-state index contributed by atoms with van der Waals surface area (Å²) in [5.41, 5.74) is 0. The Morgan fingerprint density at radius 3 is 3.08 bits per heavy atom. The minimum Gasteiger partial charge on any atom is -0.383 e. The Labute approximate surface area is 81.4 Å². The van der Waals surface area contributed by atoms with Gasteiger partial charge in [0, 0.05) is 26.2 Å². The van der Waals surface area contributed by atoms with Crippen LogP contribution in [0.15, 0.2) is 0 Å². The van der Waals surface area contributed by atoms with Crippen molar-refractivity contribution < 1.29 is 4.74 Å². The first-order chi connectivity index (χ1) is 6.34.